The van der Waals surface area contributed by atoms with Crippen molar-refractivity contribution in [2.24, 2.45) is 7.05 Å². The van der Waals surface area contributed by atoms with Crippen LogP contribution in [0.5, 0.6) is 0 Å². The Balaban J connectivity index is 1.47. The summed E-state index contributed by atoms with van der Waals surface area (Å²) in [7, 11) is 2.03. The second-order valence-corrected chi connectivity index (χ2v) is 7.20. The van der Waals surface area contributed by atoms with Crippen LogP contribution in [0.15, 0.2) is 24.7 Å². The summed E-state index contributed by atoms with van der Waals surface area (Å²) in [5.41, 5.74) is 0.992. The summed E-state index contributed by atoms with van der Waals surface area (Å²) in [6.07, 6.45) is 9.20. The van der Waals surface area contributed by atoms with Gasteiger partial charge in [-0.1, -0.05) is 11.6 Å². The molecule has 7 heteroatoms. The molecule has 2 aliphatic rings. The number of urea groups is 1. The van der Waals surface area contributed by atoms with Gasteiger partial charge in [0.2, 0.25) is 0 Å². The first-order chi connectivity index (χ1) is 12.1. The number of aryl methyl sites for hydroxylation is 1. The number of aromatic nitrogens is 3. The third kappa shape index (κ3) is 2.99. The van der Waals surface area contributed by atoms with E-state index >= 15 is 0 Å². The summed E-state index contributed by atoms with van der Waals surface area (Å²) in [6, 6.07) is 1.85. The number of rotatable bonds is 1. The Morgan fingerprint density at radius 3 is 2.72 bits per heavy atom. The van der Waals surface area contributed by atoms with Crippen LogP contribution in [-0.2, 0) is 13.5 Å². The minimum absolute atomic E-state index is 0.0500. The molecule has 1 fully saturated rings. The molecule has 4 rings (SSSR count). The van der Waals surface area contributed by atoms with Crippen LogP contribution >= 0.6 is 11.6 Å². The second-order valence-electron chi connectivity index (χ2n) is 6.79. The first kappa shape index (κ1) is 16.4. The van der Waals surface area contributed by atoms with E-state index in [0.29, 0.717) is 17.5 Å². The molecule has 1 saturated heterocycles. The molecule has 2 aromatic rings. The fourth-order valence-electron chi connectivity index (χ4n) is 3.90. The number of piperidine rings is 1. The van der Waals surface area contributed by atoms with Gasteiger partial charge in [0.05, 0.1) is 0 Å². The molecule has 0 unspecified atom stereocenters. The third-order valence-corrected chi connectivity index (χ3v) is 5.61. The SMILES string of the molecule is Cn1ccnc1C1CCN(C(=O)N2CCCc3c(Cl)ccnc32)CC1. The fourth-order valence-corrected chi connectivity index (χ4v) is 4.13. The molecule has 0 atom stereocenters. The van der Waals surface area contributed by atoms with Crippen LogP contribution in [0, 0.1) is 0 Å². The van der Waals surface area contributed by atoms with Crippen molar-refractivity contribution in [1.29, 1.82) is 0 Å². The number of amides is 2. The molecule has 0 radical (unpaired) electrons. The molecular weight excluding hydrogens is 338 g/mol. The van der Waals surface area contributed by atoms with Gasteiger partial charge in [0.1, 0.15) is 11.6 Å². The van der Waals surface area contributed by atoms with E-state index < -0.39 is 0 Å². The number of anilines is 1. The lowest BCUT2D eigenvalue weighted by molar-refractivity contribution is 0.185. The molecule has 0 spiro atoms. The molecule has 6 nitrogen and oxygen atoms in total. The van der Waals surface area contributed by atoms with Crippen molar-refractivity contribution in [2.75, 3.05) is 24.5 Å². The van der Waals surface area contributed by atoms with E-state index in [-0.39, 0.29) is 6.03 Å². The summed E-state index contributed by atoms with van der Waals surface area (Å²) >= 11 is 6.29. The maximum Gasteiger partial charge on any atom is 0.325 e. The molecule has 2 aliphatic heterocycles. The second kappa shape index (κ2) is 6.67. The monoisotopic (exact) mass is 359 g/mol. The fraction of sp³-hybridized carbons (Fsp3) is 0.500. The zero-order chi connectivity index (χ0) is 17.4. The molecule has 0 saturated carbocycles. The number of carbonyl (C=O) groups is 1. The van der Waals surface area contributed by atoms with E-state index in [1.807, 2.05) is 24.3 Å². The lowest BCUT2D eigenvalue weighted by Gasteiger charge is -2.37. The van der Waals surface area contributed by atoms with Crippen molar-refractivity contribution in [3.63, 3.8) is 0 Å². The predicted molar refractivity (Wildman–Crippen MR) is 97.1 cm³/mol. The van der Waals surface area contributed by atoms with E-state index in [4.69, 9.17) is 11.6 Å². The smallest absolute Gasteiger partial charge is 0.325 e. The Hall–Kier alpha value is -2.08. The number of pyridine rings is 1. The Labute approximate surface area is 152 Å². The van der Waals surface area contributed by atoms with Crippen LogP contribution in [0.3, 0.4) is 0 Å². The van der Waals surface area contributed by atoms with Gasteiger partial charge in [-0.25, -0.2) is 14.8 Å². The van der Waals surface area contributed by atoms with Gasteiger partial charge in [0, 0.05) is 61.8 Å². The summed E-state index contributed by atoms with van der Waals surface area (Å²) in [5, 5.41) is 0.705. The molecular formula is C18H22ClN5O. The van der Waals surface area contributed by atoms with E-state index in [1.165, 1.54) is 0 Å². The van der Waals surface area contributed by atoms with E-state index in [1.54, 1.807) is 17.2 Å². The van der Waals surface area contributed by atoms with Gasteiger partial charge in [-0.05, 0) is 31.7 Å². The molecule has 25 heavy (non-hydrogen) atoms. The van der Waals surface area contributed by atoms with E-state index in [9.17, 15) is 4.79 Å². The number of hydrogen-bond donors (Lipinski definition) is 0. The number of halogens is 1. The lowest BCUT2D eigenvalue weighted by Crippen LogP contribution is -2.48. The quantitative estimate of drug-likeness (QED) is 0.785. The molecule has 0 aromatic carbocycles. The highest BCUT2D eigenvalue weighted by atomic mass is 35.5. The number of carbonyl (C=O) groups excluding carboxylic acids is 1. The highest BCUT2D eigenvalue weighted by molar-refractivity contribution is 6.31. The molecule has 0 N–H and O–H groups in total. The van der Waals surface area contributed by atoms with Crippen LogP contribution in [0.1, 0.15) is 36.6 Å². The van der Waals surface area contributed by atoms with E-state index in [0.717, 1.165) is 56.0 Å². The normalized spacial score (nSPS) is 18.3. The molecule has 2 aromatic heterocycles. The lowest BCUT2D eigenvalue weighted by atomic mass is 9.96. The van der Waals surface area contributed by atoms with Gasteiger partial charge in [-0.15, -0.1) is 0 Å². The molecule has 2 amide bonds. The van der Waals surface area contributed by atoms with Gasteiger partial charge >= 0.3 is 6.03 Å². The number of nitrogens with zero attached hydrogens (tertiary/aromatic N) is 5. The van der Waals surface area contributed by atoms with Crippen molar-refractivity contribution < 1.29 is 4.79 Å². The van der Waals surface area contributed by atoms with E-state index in [2.05, 4.69) is 14.5 Å². The summed E-state index contributed by atoms with van der Waals surface area (Å²) < 4.78 is 2.08. The molecule has 4 heterocycles. The van der Waals surface area contributed by atoms with Gasteiger partial charge in [0.15, 0.2) is 0 Å². The maximum atomic E-state index is 13.0. The van der Waals surface area contributed by atoms with Gasteiger partial charge in [-0.3, -0.25) is 4.90 Å². The maximum absolute atomic E-state index is 13.0. The summed E-state index contributed by atoms with van der Waals surface area (Å²) in [4.78, 5) is 25.7. The zero-order valence-corrected chi connectivity index (χ0v) is 15.1. The van der Waals surface area contributed by atoms with Crippen molar-refractivity contribution in [1.82, 2.24) is 19.4 Å². The first-order valence-electron chi connectivity index (χ1n) is 8.82. The Kier molecular flexibility index (Phi) is 4.37. The minimum Gasteiger partial charge on any atom is -0.338 e. The van der Waals surface area contributed by atoms with Crippen LogP contribution in [0.2, 0.25) is 5.02 Å². The molecule has 0 aliphatic carbocycles. The summed E-state index contributed by atoms with van der Waals surface area (Å²) in [6.45, 7) is 2.21. The average molecular weight is 360 g/mol. The highest BCUT2D eigenvalue weighted by Gasteiger charge is 2.32. The van der Waals surface area contributed by atoms with Gasteiger partial charge in [0.25, 0.3) is 0 Å². The average Bonchev–Trinajstić information content (AvgIpc) is 3.07. The highest BCUT2D eigenvalue weighted by Crippen LogP contribution is 2.32. The Morgan fingerprint density at radius 1 is 1.20 bits per heavy atom. The van der Waals surface area contributed by atoms with Crippen molar-refractivity contribution in [3.05, 3.63) is 41.1 Å². The zero-order valence-electron chi connectivity index (χ0n) is 14.4. The van der Waals surface area contributed by atoms with Crippen molar-refractivity contribution >= 4 is 23.4 Å². The number of fused-ring (bicyclic) bond motifs is 1. The van der Waals surface area contributed by atoms with Gasteiger partial charge in [-0.2, -0.15) is 0 Å². The molecule has 132 valence electrons. The molecule has 0 bridgehead atoms. The standard InChI is InChI=1S/C18H22ClN5O/c1-22-12-8-21-16(22)13-5-10-23(11-6-13)18(25)24-9-2-3-14-15(19)4-7-20-17(14)24/h4,7-8,12-13H,2-3,5-6,9-11H2,1H3. The Morgan fingerprint density at radius 2 is 2.00 bits per heavy atom. The first-order valence-corrected chi connectivity index (χ1v) is 9.20. The van der Waals surface area contributed by atoms with Crippen molar-refractivity contribution in [2.45, 2.75) is 31.6 Å². The Bertz CT molecular complexity index is 782. The minimum atomic E-state index is 0.0500. The third-order valence-electron chi connectivity index (χ3n) is 5.26. The number of likely N-dealkylation sites (tertiary alicyclic amines) is 1. The van der Waals surface area contributed by atoms with Crippen LogP contribution < -0.4 is 4.90 Å². The van der Waals surface area contributed by atoms with Crippen LogP contribution in [0.25, 0.3) is 0 Å². The van der Waals surface area contributed by atoms with Crippen molar-refractivity contribution in [3.8, 4) is 0 Å². The largest absolute Gasteiger partial charge is 0.338 e. The van der Waals surface area contributed by atoms with Crippen LogP contribution in [-0.4, -0.2) is 45.1 Å². The number of imidazole rings is 1. The summed E-state index contributed by atoms with van der Waals surface area (Å²) in [5.74, 6) is 2.27. The topological polar surface area (TPSA) is 54.3 Å². The number of hydrogen-bond acceptors (Lipinski definition) is 3. The van der Waals surface area contributed by atoms with Gasteiger partial charge < -0.3 is 9.47 Å². The van der Waals surface area contributed by atoms with Crippen LogP contribution in [0.4, 0.5) is 10.6 Å². The predicted octanol–water partition coefficient (Wildman–Crippen LogP) is 3.22.